The lowest BCUT2D eigenvalue weighted by Crippen LogP contribution is -2.56. The van der Waals surface area contributed by atoms with E-state index in [1.807, 2.05) is 4.90 Å². The third kappa shape index (κ3) is 5.53. The van der Waals surface area contributed by atoms with Gasteiger partial charge in [-0.2, -0.15) is 31.4 Å². The fourth-order valence-electron chi connectivity index (χ4n) is 6.11. The number of Topliss-reactive ketones (excluding diaryl/α,β-unsaturated/α-hetero) is 1. The molecule has 0 unspecified atom stereocenters. The highest BCUT2D eigenvalue weighted by Crippen LogP contribution is 2.41. The lowest BCUT2D eigenvalue weighted by molar-refractivity contribution is -0.143. The van der Waals surface area contributed by atoms with Gasteiger partial charge in [-0.3, -0.25) is 14.6 Å². The van der Waals surface area contributed by atoms with Crippen LogP contribution in [0.3, 0.4) is 0 Å². The second-order valence-electron chi connectivity index (χ2n) is 10.9. The molecule has 7 nitrogen and oxygen atoms in total. The van der Waals surface area contributed by atoms with Crippen molar-refractivity contribution in [2.24, 2.45) is 0 Å². The summed E-state index contributed by atoms with van der Waals surface area (Å²) in [6.45, 7) is 0.697. The summed E-state index contributed by atoms with van der Waals surface area (Å²) in [6.07, 6.45) is -6.61. The monoisotopic (exact) mass is 631 g/mol. The first-order chi connectivity index (χ1) is 21.3. The lowest BCUT2D eigenvalue weighted by Gasteiger charge is -2.44. The van der Waals surface area contributed by atoms with Crippen LogP contribution in [0.1, 0.15) is 40.9 Å². The Bertz CT molecular complexity index is 1740. The van der Waals surface area contributed by atoms with Crippen molar-refractivity contribution in [1.82, 2.24) is 19.7 Å². The number of anilines is 1. The van der Waals surface area contributed by atoms with Gasteiger partial charge < -0.3 is 9.80 Å². The van der Waals surface area contributed by atoms with E-state index < -0.39 is 46.4 Å². The molecule has 2 aliphatic heterocycles. The molecular weight excluding hydrogens is 607 g/mol. The molecule has 1 amide bonds. The van der Waals surface area contributed by atoms with E-state index in [-0.39, 0.29) is 54.7 Å². The fourth-order valence-corrected chi connectivity index (χ4v) is 6.11. The predicted molar refractivity (Wildman–Crippen MR) is 148 cm³/mol. The molecule has 2 aliphatic rings. The van der Waals surface area contributed by atoms with Gasteiger partial charge in [0, 0.05) is 49.7 Å². The zero-order valence-electron chi connectivity index (χ0n) is 23.4. The largest absolute Gasteiger partial charge is 0.418 e. The summed E-state index contributed by atoms with van der Waals surface area (Å²) in [4.78, 5) is 34.1. The number of piperidine rings is 1. The van der Waals surface area contributed by atoms with Crippen molar-refractivity contribution < 1.29 is 40.3 Å². The van der Waals surface area contributed by atoms with E-state index >= 15 is 0 Å². The molecule has 4 aromatic rings. The van der Waals surface area contributed by atoms with E-state index in [2.05, 4.69) is 10.1 Å². The van der Waals surface area contributed by atoms with Crippen LogP contribution in [-0.4, -0.2) is 56.5 Å². The molecule has 1 spiro atoms. The van der Waals surface area contributed by atoms with Crippen LogP contribution in [0, 0.1) is 5.82 Å². The Balaban J connectivity index is 1.34. The number of benzene rings is 2. The van der Waals surface area contributed by atoms with Crippen LogP contribution in [-0.2, 0) is 17.1 Å². The van der Waals surface area contributed by atoms with E-state index in [1.54, 1.807) is 12.1 Å². The Morgan fingerprint density at radius 3 is 2.20 bits per heavy atom. The molecule has 14 heteroatoms. The van der Waals surface area contributed by atoms with Gasteiger partial charge in [0.15, 0.2) is 11.5 Å². The van der Waals surface area contributed by atoms with Gasteiger partial charge in [0.1, 0.15) is 11.4 Å². The van der Waals surface area contributed by atoms with E-state index in [0.29, 0.717) is 30.8 Å². The van der Waals surface area contributed by atoms with Crippen LogP contribution in [0.5, 0.6) is 0 Å². The maximum absolute atomic E-state index is 14.1. The van der Waals surface area contributed by atoms with E-state index in [4.69, 9.17) is 0 Å². The highest BCUT2D eigenvalue weighted by molar-refractivity contribution is 5.97. The molecule has 45 heavy (non-hydrogen) atoms. The molecule has 0 aliphatic carbocycles. The van der Waals surface area contributed by atoms with Gasteiger partial charge in [0.05, 0.1) is 22.5 Å². The Hall–Kier alpha value is -4.75. The number of aromatic nitrogens is 3. The maximum atomic E-state index is 14.1. The number of nitrogens with zero attached hydrogens (tertiary/aromatic N) is 5. The summed E-state index contributed by atoms with van der Waals surface area (Å²) in [5.74, 6) is -1.03. The van der Waals surface area contributed by atoms with Gasteiger partial charge in [-0.25, -0.2) is 9.07 Å². The fraction of sp³-hybridized carbons (Fsp3) is 0.290. The number of pyridine rings is 1. The SMILES string of the molecule is O=C(c1cc(-c2cccnc2)n(-c2ccc(C(F)(F)F)cc2C(F)(F)F)n1)N1CCC2(CC1)C(=O)CCN2c1ccc(F)cc1. The van der Waals surface area contributed by atoms with Crippen molar-refractivity contribution in [1.29, 1.82) is 0 Å². The zero-order chi connectivity index (χ0) is 32.1. The highest BCUT2D eigenvalue weighted by Gasteiger charge is 2.50. The Labute approximate surface area is 251 Å². The third-order valence-corrected chi connectivity index (χ3v) is 8.36. The first-order valence-electron chi connectivity index (χ1n) is 13.9. The quantitative estimate of drug-likeness (QED) is 0.239. The molecule has 0 N–H and O–H groups in total. The number of carbonyl (C=O) groups is 2. The minimum Gasteiger partial charge on any atom is -0.358 e. The second kappa shape index (κ2) is 11.0. The molecule has 2 aromatic carbocycles. The molecule has 234 valence electrons. The number of amides is 1. The average molecular weight is 632 g/mol. The second-order valence-corrected chi connectivity index (χ2v) is 10.9. The van der Waals surface area contributed by atoms with Crippen LogP contribution in [0.25, 0.3) is 16.9 Å². The van der Waals surface area contributed by atoms with E-state index in [0.717, 1.165) is 4.68 Å². The number of alkyl halides is 6. The van der Waals surface area contributed by atoms with Crippen LogP contribution in [0.4, 0.5) is 36.4 Å². The maximum Gasteiger partial charge on any atom is 0.418 e. The number of hydrogen-bond acceptors (Lipinski definition) is 5. The normalized spacial score (nSPS) is 16.9. The van der Waals surface area contributed by atoms with Crippen LogP contribution >= 0.6 is 0 Å². The minimum atomic E-state index is -5.18. The van der Waals surface area contributed by atoms with Gasteiger partial charge in [0.2, 0.25) is 0 Å². The van der Waals surface area contributed by atoms with Gasteiger partial charge in [-0.15, -0.1) is 0 Å². The lowest BCUT2D eigenvalue weighted by atomic mass is 9.83. The third-order valence-electron chi connectivity index (χ3n) is 8.36. The number of likely N-dealkylation sites (tertiary alicyclic amines) is 1. The van der Waals surface area contributed by atoms with E-state index in [9.17, 15) is 40.3 Å². The van der Waals surface area contributed by atoms with Crippen LogP contribution < -0.4 is 4.90 Å². The molecule has 0 saturated carbocycles. The number of halogens is 7. The standard InChI is InChI=1S/C31H24F7N5O2/c32-21-4-6-22(7-5-21)42-13-9-27(44)29(42)10-14-41(15-11-29)28(45)24-17-26(19-2-1-12-39-18-19)43(40-24)25-8-3-20(30(33,34)35)16-23(25)31(36,37)38/h1-8,12,16-18H,9-11,13-15H2. The van der Waals surface area contributed by atoms with Gasteiger partial charge in [-0.1, -0.05) is 0 Å². The van der Waals surface area contributed by atoms with Crippen LogP contribution in [0.2, 0.25) is 0 Å². The van der Waals surface area contributed by atoms with Gasteiger partial charge in [-0.05, 0) is 73.5 Å². The van der Waals surface area contributed by atoms with Crippen molar-refractivity contribution in [3.63, 3.8) is 0 Å². The Kier molecular flexibility index (Phi) is 7.40. The highest BCUT2D eigenvalue weighted by atomic mass is 19.4. The molecule has 0 bridgehead atoms. The Morgan fingerprint density at radius 1 is 0.867 bits per heavy atom. The van der Waals surface area contributed by atoms with Gasteiger partial charge >= 0.3 is 12.4 Å². The van der Waals surface area contributed by atoms with Crippen molar-refractivity contribution in [2.75, 3.05) is 24.5 Å². The number of ketones is 1. The summed E-state index contributed by atoms with van der Waals surface area (Å²) in [6, 6.07) is 11.3. The topological polar surface area (TPSA) is 71.3 Å². The number of hydrogen-bond donors (Lipinski definition) is 0. The molecule has 0 atom stereocenters. The predicted octanol–water partition coefficient (Wildman–Crippen LogP) is 6.57. The van der Waals surface area contributed by atoms with Gasteiger partial charge in [0.25, 0.3) is 5.91 Å². The summed E-state index contributed by atoms with van der Waals surface area (Å²) >= 11 is 0. The molecule has 0 radical (unpaired) electrons. The molecule has 6 rings (SSSR count). The van der Waals surface area contributed by atoms with Crippen molar-refractivity contribution >= 4 is 17.4 Å². The molecule has 4 heterocycles. The number of carbonyl (C=O) groups excluding carboxylic acids is 2. The minimum absolute atomic E-state index is 0.00375. The summed E-state index contributed by atoms with van der Waals surface area (Å²) in [7, 11) is 0. The van der Waals surface area contributed by atoms with Crippen molar-refractivity contribution in [3.05, 3.63) is 95.7 Å². The Morgan fingerprint density at radius 2 is 1.58 bits per heavy atom. The smallest absolute Gasteiger partial charge is 0.358 e. The number of rotatable bonds is 4. The van der Waals surface area contributed by atoms with Crippen LogP contribution in [0.15, 0.2) is 73.1 Å². The van der Waals surface area contributed by atoms with Crippen molar-refractivity contribution in [2.45, 2.75) is 37.2 Å². The molecular formula is C31H24F7N5O2. The summed E-state index contributed by atoms with van der Waals surface area (Å²) < 4.78 is 96.6. The summed E-state index contributed by atoms with van der Waals surface area (Å²) in [5, 5.41) is 4.18. The average Bonchev–Trinajstić information content (AvgIpc) is 3.59. The van der Waals surface area contributed by atoms with Crippen molar-refractivity contribution in [3.8, 4) is 16.9 Å². The summed E-state index contributed by atoms with van der Waals surface area (Å²) in [5.41, 5.74) is -3.91. The molecule has 2 saturated heterocycles. The zero-order valence-corrected chi connectivity index (χ0v) is 23.4. The first kappa shape index (κ1) is 30.3. The van der Waals surface area contributed by atoms with E-state index in [1.165, 1.54) is 47.6 Å². The first-order valence-corrected chi connectivity index (χ1v) is 13.9. The molecule has 2 aromatic heterocycles. The molecule has 2 fully saturated rings.